The SMILES string of the molecule is CCn1ccc(CNCCc2cnn(C)c2)c1. The van der Waals surface area contributed by atoms with Gasteiger partial charge in [0.05, 0.1) is 6.20 Å². The Labute approximate surface area is 102 Å². The van der Waals surface area contributed by atoms with Gasteiger partial charge in [-0.3, -0.25) is 4.68 Å². The lowest BCUT2D eigenvalue weighted by Gasteiger charge is -2.01. The second-order valence-corrected chi connectivity index (χ2v) is 4.30. The molecule has 0 unspecified atom stereocenters. The summed E-state index contributed by atoms with van der Waals surface area (Å²) in [5.74, 6) is 0. The molecule has 2 aromatic heterocycles. The van der Waals surface area contributed by atoms with Gasteiger partial charge in [-0.2, -0.15) is 5.10 Å². The van der Waals surface area contributed by atoms with E-state index in [1.807, 2.05) is 17.9 Å². The van der Waals surface area contributed by atoms with Gasteiger partial charge in [0.1, 0.15) is 0 Å². The van der Waals surface area contributed by atoms with Crippen LogP contribution in [0.4, 0.5) is 0 Å². The summed E-state index contributed by atoms with van der Waals surface area (Å²) in [4.78, 5) is 0. The second-order valence-electron chi connectivity index (χ2n) is 4.30. The Hall–Kier alpha value is -1.55. The predicted molar refractivity (Wildman–Crippen MR) is 68.7 cm³/mol. The van der Waals surface area contributed by atoms with Crippen LogP contribution in [0.25, 0.3) is 0 Å². The molecule has 17 heavy (non-hydrogen) atoms. The maximum atomic E-state index is 4.15. The van der Waals surface area contributed by atoms with Gasteiger partial charge in [0, 0.05) is 38.7 Å². The zero-order valence-corrected chi connectivity index (χ0v) is 10.6. The van der Waals surface area contributed by atoms with Crippen LogP contribution in [0.5, 0.6) is 0 Å². The predicted octanol–water partition coefficient (Wildman–Crippen LogP) is 1.57. The zero-order chi connectivity index (χ0) is 12.1. The van der Waals surface area contributed by atoms with Crippen molar-refractivity contribution in [3.8, 4) is 0 Å². The third kappa shape index (κ3) is 3.46. The molecule has 2 heterocycles. The summed E-state index contributed by atoms with van der Waals surface area (Å²) in [6, 6.07) is 2.17. The van der Waals surface area contributed by atoms with Crippen LogP contribution >= 0.6 is 0 Å². The fraction of sp³-hybridized carbons (Fsp3) is 0.462. The fourth-order valence-electron chi connectivity index (χ4n) is 1.86. The van der Waals surface area contributed by atoms with Gasteiger partial charge < -0.3 is 9.88 Å². The molecule has 4 nitrogen and oxygen atoms in total. The minimum atomic E-state index is 0.938. The molecule has 0 aliphatic rings. The van der Waals surface area contributed by atoms with Gasteiger partial charge in [0.15, 0.2) is 0 Å². The lowest BCUT2D eigenvalue weighted by Crippen LogP contribution is -2.16. The average Bonchev–Trinajstić information content (AvgIpc) is 2.93. The maximum absolute atomic E-state index is 4.15. The summed E-state index contributed by atoms with van der Waals surface area (Å²) in [7, 11) is 1.95. The standard InChI is InChI=1S/C13H20N4/c1-3-17-7-5-13(11-17)8-14-6-4-12-9-15-16(2)10-12/h5,7,9-11,14H,3-4,6,8H2,1-2H3. The van der Waals surface area contributed by atoms with Crippen LogP contribution < -0.4 is 5.32 Å². The highest BCUT2D eigenvalue weighted by atomic mass is 15.2. The number of rotatable bonds is 6. The monoisotopic (exact) mass is 232 g/mol. The lowest BCUT2D eigenvalue weighted by molar-refractivity contribution is 0.682. The minimum absolute atomic E-state index is 0.938. The Morgan fingerprint density at radius 3 is 2.82 bits per heavy atom. The number of hydrogen-bond acceptors (Lipinski definition) is 2. The summed E-state index contributed by atoms with van der Waals surface area (Å²) < 4.78 is 4.04. The molecule has 0 bridgehead atoms. The maximum Gasteiger partial charge on any atom is 0.0522 e. The Morgan fingerprint density at radius 1 is 1.29 bits per heavy atom. The molecular formula is C13H20N4. The molecule has 0 saturated carbocycles. The van der Waals surface area contributed by atoms with E-state index >= 15 is 0 Å². The topological polar surface area (TPSA) is 34.8 Å². The Morgan fingerprint density at radius 2 is 2.18 bits per heavy atom. The molecule has 0 fully saturated rings. The minimum Gasteiger partial charge on any atom is -0.354 e. The van der Waals surface area contributed by atoms with Gasteiger partial charge >= 0.3 is 0 Å². The molecular weight excluding hydrogens is 212 g/mol. The molecule has 2 aromatic rings. The lowest BCUT2D eigenvalue weighted by atomic mass is 10.2. The van der Waals surface area contributed by atoms with E-state index < -0.39 is 0 Å². The van der Waals surface area contributed by atoms with Crippen LogP contribution in [0.1, 0.15) is 18.1 Å². The normalized spacial score (nSPS) is 10.9. The fourth-order valence-corrected chi connectivity index (χ4v) is 1.86. The van der Waals surface area contributed by atoms with E-state index in [0.717, 1.165) is 26.1 Å². The molecule has 0 atom stereocenters. The summed E-state index contributed by atoms with van der Waals surface area (Å²) in [6.07, 6.45) is 9.34. The van der Waals surface area contributed by atoms with Crippen molar-refractivity contribution in [2.24, 2.45) is 7.05 Å². The number of aromatic nitrogens is 3. The first-order valence-corrected chi connectivity index (χ1v) is 6.11. The number of aryl methyl sites for hydroxylation is 2. The third-order valence-corrected chi connectivity index (χ3v) is 2.85. The molecule has 0 spiro atoms. The first kappa shape index (κ1) is 11.9. The van der Waals surface area contributed by atoms with Gasteiger partial charge in [0.2, 0.25) is 0 Å². The third-order valence-electron chi connectivity index (χ3n) is 2.85. The van der Waals surface area contributed by atoms with E-state index in [4.69, 9.17) is 0 Å². The number of nitrogens with one attached hydrogen (secondary N) is 1. The average molecular weight is 232 g/mol. The van der Waals surface area contributed by atoms with Gasteiger partial charge in [-0.25, -0.2) is 0 Å². The van der Waals surface area contributed by atoms with Crippen LogP contribution in [-0.2, 0) is 26.6 Å². The van der Waals surface area contributed by atoms with Crippen LogP contribution in [0.15, 0.2) is 30.9 Å². The van der Waals surface area contributed by atoms with Gasteiger partial charge in [0.25, 0.3) is 0 Å². The summed E-state index contributed by atoms with van der Waals surface area (Å²) in [5, 5.41) is 7.60. The zero-order valence-electron chi connectivity index (χ0n) is 10.6. The van der Waals surface area contributed by atoms with Crippen molar-refractivity contribution in [2.75, 3.05) is 6.54 Å². The Kier molecular flexibility index (Phi) is 3.98. The molecule has 0 radical (unpaired) electrons. The largest absolute Gasteiger partial charge is 0.354 e. The van der Waals surface area contributed by atoms with Crippen LogP contribution in [0.2, 0.25) is 0 Å². The molecule has 0 amide bonds. The van der Waals surface area contributed by atoms with Gasteiger partial charge in [-0.15, -0.1) is 0 Å². The highest BCUT2D eigenvalue weighted by Gasteiger charge is 1.97. The number of hydrogen-bond donors (Lipinski definition) is 1. The first-order valence-electron chi connectivity index (χ1n) is 6.11. The van der Waals surface area contributed by atoms with E-state index in [1.165, 1.54) is 11.1 Å². The molecule has 0 aromatic carbocycles. The summed E-state index contributed by atoms with van der Waals surface area (Å²) in [5.41, 5.74) is 2.63. The molecule has 0 saturated heterocycles. The molecule has 0 aliphatic heterocycles. The summed E-state index contributed by atoms with van der Waals surface area (Å²) >= 11 is 0. The molecule has 2 rings (SSSR count). The van der Waals surface area contributed by atoms with Crippen LogP contribution in [0.3, 0.4) is 0 Å². The molecule has 4 heteroatoms. The van der Waals surface area contributed by atoms with E-state index in [1.54, 1.807) is 0 Å². The van der Waals surface area contributed by atoms with Gasteiger partial charge in [-0.1, -0.05) is 0 Å². The summed E-state index contributed by atoms with van der Waals surface area (Å²) in [6.45, 7) is 5.12. The molecule has 0 aliphatic carbocycles. The van der Waals surface area contributed by atoms with Crippen LogP contribution in [0, 0.1) is 0 Å². The molecule has 1 N–H and O–H groups in total. The van der Waals surface area contributed by atoms with Crippen molar-refractivity contribution >= 4 is 0 Å². The highest BCUT2D eigenvalue weighted by Crippen LogP contribution is 2.01. The highest BCUT2D eigenvalue weighted by molar-refractivity contribution is 5.10. The van der Waals surface area contributed by atoms with Crippen LogP contribution in [-0.4, -0.2) is 20.9 Å². The van der Waals surface area contributed by atoms with Crippen molar-refractivity contribution in [1.82, 2.24) is 19.7 Å². The van der Waals surface area contributed by atoms with Crippen molar-refractivity contribution in [1.29, 1.82) is 0 Å². The first-order chi connectivity index (χ1) is 8.28. The van der Waals surface area contributed by atoms with E-state index in [0.29, 0.717) is 0 Å². The molecule has 92 valence electrons. The van der Waals surface area contributed by atoms with Crippen molar-refractivity contribution in [3.63, 3.8) is 0 Å². The van der Waals surface area contributed by atoms with E-state index in [-0.39, 0.29) is 0 Å². The van der Waals surface area contributed by atoms with Crippen molar-refractivity contribution in [3.05, 3.63) is 42.0 Å². The smallest absolute Gasteiger partial charge is 0.0522 e. The van der Waals surface area contributed by atoms with Crippen molar-refractivity contribution in [2.45, 2.75) is 26.4 Å². The quantitative estimate of drug-likeness (QED) is 0.767. The Balaban J connectivity index is 1.69. The van der Waals surface area contributed by atoms with Gasteiger partial charge in [-0.05, 0) is 37.1 Å². The second kappa shape index (κ2) is 5.68. The van der Waals surface area contributed by atoms with E-state index in [9.17, 15) is 0 Å². The van der Waals surface area contributed by atoms with Crippen molar-refractivity contribution < 1.29 is 0 Å². The Bertz CT molecular complexity index is 455. The van der Waals surface area contributed by atoms with E-state index in [2.05, 4.69) is 46.6 Å². The number of nitrogens with zero attached hydrogens (tertiary/aromatic N) is 3.